The predicted molar refractivity (Wildman–Crippen MR) is 160 cm³/mol. The van der Waals surface area contributed by atoms with Gasteiger partial charge in [-0.3, -0.25) is 9.52 Å². The number of carboxylic acid groups (broad SMARTS) is 1. The fourth-order valence-electron chi connectivity index (χ4n) is 5.37. The van der Waals surface area contributed by atoms with Crippen LogP contribution in [0.2, 0.25) is 0 Å². The Bertz CT molecular complexity index is 1320. The molecule has 2 heterocycles. The molecule has 0 aliphatic carbocycles. The lowest BCUT2D eigenvalue weighted by molar-refractivity contribution is -0.143. The summed E-state index contributed by atoms with van der Waals surface area (Å²) in [5, 5.41) is 36.3. The Morgan fingerprint density at radius 2 is 1.60 bits per heavy atom. The fraction of sp³-hybridized carbons (Fsp3) is 0.517. The number of likely N-dealkylation sites (tertiary alicyclic amines) is 2. The summed E-state index contributed by atoms with van der Waals surface area (Å²) in [6, 6.07) is 12.8. The smallest absolute Gasteiger partial charge is 0.320 e. The number of aliphatic carboxylic acids is 1. The van der Waals surface area contributed by atoms with Crippen molar-refractivity contribution in [2.24, 2.45) is 5.92 Å². The number of anilines is 2. The zero-order valence-electron chi connectivity index (χ0n) is 23.8. The van der Waals surface area contributed by atoms with Crippen molar-refractivity contribution in [2.45, 2.75) is 44.2 Å². The molecule has 0 unspecified atom stereocenters. The Morgan fingerprint density at radius 1 is 0.976 bits per heavy atom. The molecule has 0 bridgehead atoms. The molecule has 2 fully saturated rings. The largest absolute Gasteiger partial charge is 0.506 e. The van der Waals surface area contributed by atoms with Crippen molar-refractivity contribution >= 4 is 33.4 Å². The van der Waals surface area contributed by atoms with Gasteiger partial charge in [-0.25, -0.2) is 13.2 Å². The summed E-state index contributed by atoms with van der Waals surface area (Å²) in [6.07, 6.45) is 3.60. The van der Waals surface area contributed by atoms with Gasteiger partial charge < -0.3 is 35.8 Å². The van der Waals surface area contributed by atoms with Crippen molar-refractivity contribution in [3.63, 3.8) is 0 Å². The van der Waals surface area contributed by atoms with Gasteiger partial charge in [0.1, 0.15) is 5.75 Å². The monoisotopic (exact) mass is 603 g/mol. The maximum absolute atomic E-state index is 12.9. The number of nitrogens with one attached hydrogen (secondary N) is 3. The molecule has 2 aliphatic rings. The highest BCUT2D eigenvalue weighted by molar-refractivity contribution is 7.92. The molecule has 2 aromatic carbocycles. The van der Waals surface area contributed by atoms with Crippen molar-refractivity contribution in [1.29, 1.82) is 0 Å². The molecular formula is C29H41N5O7S. The summed E-state index contributed by atoms with van der Waals surface area (Å²) in [5.41, 5.74) is 2.67. The Labute approximate surface area is 246 Å². The Hall–Kier alpha value is -3.55. The van der Waals surface area contributed by atoms with Gasteiger partial charge >= 0.3 is 12.0 Å². The molecule has 6 N–H and O–H groups in total. The third kappa shape index (κ3) is 8.97. The van der Waals surface area contributed by atoms with Crippen molar-refractivity contribution < 1.29 is 33.3 Å². The van der Waals surface area contributed by atoms with Crippen molar-refractivity contribution in [2.75, 3.05) is 55.6 Å². The minimum atomic E-state index is -3.56. The predicted octanol–water partition coefficient (Wildman–Crippen LogP) is 2.42. The van der Waals surface area contributed by atoms with Gasteiger partial charge in [0.25, 0.3) is 0 Å². The van der Waals surface area contributed by atoms with Crippen LogP contribution in [0.3, 0.4) is 0 Å². The number of aliphatic hydroxyl groups is 1. The highest BCUT2D eigenvalue weighted by Crippen LogP contribution is 2.28. The van der Waals surface area contributed by atoms with Crippen LogP contribution in [-0.4, -0.2) is 97.1 Å². The van der Waals surface area contributed by atoms with Crippen molar-refractivity contribution in [3.8, 4) is 5.75 Å². The summed E-state index contributed by atoms with van der Waals surface area (Å²) in [6.45, 7) is 3.25. The van der Waals surface area contributed by atoms with E-state index in [-0.39, 0.29) is 36.0 Å². The number of piperidine rings is 2. The van der Waals surface area contributed by atoms with Crippen LogP contribution in [0.25, 0.3) is 0 Å². The number of carbonyl (C=O) groups is 2. The van der Waals surface area contributed by atoms with Crippen LogP contribution in [0.15, 0.2) is 42.5 Å². The fourth-order valence-corrected chi connectivity index (χ4v) is 5.93. The highest BCUT2D eigenvalue weighted by atomic mass is 32.2. The van der Waals surface area contributed by atoms with E-state index in [1.165, 1.54) is 12.1 Å². The van der Waals surface area contributed by atoms with Gasteiger partial charge in [-0.1, -0.05) is 18.2 Å². The molecule has 0 radical (unpaired) electrons. The maximum atomic E-state index is 12.9. The van der Waals surface area contributed by atoms with Crippen LogP contribution in [0.5, 0.6) is 5.75 Å². The molecule has 2 aliphatic heterocycles. The first kappa shape index (κ1) is 31.4. The van der Waals surface area contributed by atoms with E-state index in [4.69, 9.17) is 5.11 Å². The topological polar surface area (TPSA) is 172 Å². The van der Waals surface area contributed by atoms with E-state index in [0.717, 1.165) is 36.8 Å². The van der Waals surface area contributed by atoms with E-state index in [9.17, 15) is 28.2 Å². The van der Waals surface area contributed by atoms with Crippen LogP contribution in [0.1, 0.15) is 42.9 Å². The van der Waals surface area contributed by atoms with Crippen molar-refractivity contribution in [1.82, 2.24) is 15.1 Å². The summed E-state index contributed by atoms with van der Waals surface area (Å²) >= 11 is 0. The first-order chi connectivity index (χ1) is 20.0. The molecule has 2 amide bonds. The molecule has 12 nitrogen and oxygen atoms in total. The second kappa shape index (κ2) is 14.1. The maximum Gasteiger partial charge on any atom is 0.320 e. The third-order valence-electron chi connectivity index (χ3n) is 7.83. The molecular weight excluding hydrogens is 562 g/mol. The molecule has 2 saturated heterocycles. The zero-order chi connectivity index (χ0) is 30.3. The number of benzene rings is 2. The minimum Gasteiger partial charge on any atom is -0.506 e. The van der Waals surface area contributed by atoms with Gasteiger partial charge in [0, 0.05) is 44.5 Å². The molecule has 13 heteroatoms. The number of rotatable bonds is 11. The summed E-state index contributed by atoms with van der Waals surface area (Å²) in [5.74, 6) is -1.34. The normalized spacial score (nSPS) is 17.6. The number of aromatic hydroxyl groups is 1. The average molecular weight is 604 g/mol. The van der Waals surface area contributed by atoms with Crippen LogP contribution in [0.4, 0.5) is 16.2 Å². The number of nitrogens with zero attached hydrogens (tertiary/aromatic N) is 2. The van der Waals surface area contributed by atoms with Crippen LogP contribution in [0, 0.1) is 5.92 Å². The van der Waals surface area contributed by atoms with E-state index in [1.807, 2.05) is 17.0 Å². The molecule has 42 heavy (non-hydrogen) atoms. The number of carbonyl (C=O) groups excluding carboxylic acids is 1. The standard InChI is InChI=1S/C29H41N5O7S/c1-42(40,41)32-25-18-22(4-7-26(25)35)27(36)19-30-13-8-20-2-5-23(6-3-20)31-24-11-16-34(17-12-24)29(39)33-14-9-21(10-15-33)28(37)38/h2-7,18,21,24,27,30-32,35-36H,8-17,19H2,1H3,(H,37,38)/t27-/m1/s1. The zero-order valence-corrected chi connectivity index (χ0v) is 24.6. The number of amides is 2. The molecule has 0 saturated carbocycles. The second-order valence-electron chi connectivity index (χ2n) is 11.1. The molecule has 0 aromatic heterocycles. The first-order valence-corrected chi connectivity index (χ1v) is 16.2. The lowest BCUT2D eigenvalue weighted by Crippen LogP contribution is -2.51. The first-order valence-electron chi connectivity index (χ1n) is 14.3. The van der Waals surface area contributed by atoms with Crippen LogP contribution >= 0.6 is 0 Å². The molecule has 0 spiro atoms. The lowest BCUT2D eigenvalue weighted by atomic mass is 9.97. The SMILES string of the molecule is CS(=O)(=O)Nc1cc([C@H](O)CNCCc2ccc(NC3CCN(C(=O)N4CCC(C(=O)O)CC4)CC3)cc2)ccc1O. The average Bonchev–Trinajstić information content (AvgIpc) is 2.96. The number of phenols is 1. The Kier molecular flexibility index (Phi) is 10.5. The number of aliphatic hydroxyl groups excluding tert-OH is 1. The van der Waals surface area contributed by atoms with E-state index >= 15 is 0 Å². The van der Waals surface area contributed by atoms with E-state index < -0.39 is 22.1 Å². The van der Waals surface area contributed by atoms with E-state index in [1.54, 1.807) is 11.0 Å². The second-order valence-corrected chi connectivity index (χ2v) is 12.9. The van der Waals surface area contributed by atoms with E-state index in [2.05, 4.69) is 27.5 Å². The summed E-state index contributed by atoms with van der Waals surface area (Å²) in [7, 11) is -3.56. The number of urea groups is 1. The Morgan fingerprint density at radius 3 is 2.19 bits per heavy atom. The van der Waals surface area contributed by atoms with Gasteiger partial charge in [-0.2, -0.15) is 0 Å². The van der Waals surface area contributed by atoms with Gasteiger partial charge in [0.15, 0.2) is 0 Å². The third-order valence-corrected chi connectivity index (χ3v) is 8.42. The Balaban J connectivity index is 1.15. The quantitative estimate of drug-likeness (QED) is 0.167. The number of carboxylic acids is 1. The highest BCUT2D eigenvalue weighted by Gasteiger charge is 2.31. The molecule has 2 aromatic rings. The lowest BCUT2D eigenvalue weighted by Gasteiger charge is -2.38. The van der Waals surface area contributed by atoms with Gasteiger partial charge in [0.05, 0.1) is 24.0 Å². The molecule has 1 atom stereocenters. The van der Waals surface area contributed by atoms with Crippen molar-refractivity contribution in [3.05, 3.63) is 53.6 Å². The molecule has 4 rings (SSSR count). The van der Waals surface area contributed by atoms with Gasteiger partial charge in [-0.05, 0) is 74.0 Å². The number of hydrogen-bond donors (Lipinski definition) is 6. The van der Waals surface area contributed by atoms with E-state index in [0.29, 0.717) is 51.1 Å². The minimum absolute atomic E-state index is 0.0135. The van der Waals surface area contributed by atoms with Crippen LogP contribution < -0.4 is 15.4 Å². The number of sulfonamides is 1. The number of phenolic OH excluding ortho intramolecular Hbond substituents is 1. The molecule has 230 valence electrons. The number of hydrogen-bond acceptors (Lipinski definition) is 8. The van der Waals surface area contributed by atoms with Gasteiger partial charge in [-0.15, -0.1) is 0 Å². The van der Waals surface area contributed by atoms with Gasteiger partial charge in [0.2, 0.25) is 10.0 Å². The summed E-state index contributed by atoms with van der Waals surface area (Å²) < 4.78 is 25.2. The summed E-state index contributed by atoms with van der Waals surface area (Å²) in [4.78, 5) is 27.7. The van der Waals surface area contributed by atoms with Crippen LogP contribution in [-0.2, 0) is 21.2 Å².